The molecule has 0 heterocycles. The molecular formula is C9H12NO. The molecule has 0 fully saturated rings. The maximum absolute atomic E-state index is 7.01. The van der Waals surface area contributed by atoms with Crippen LogP contribution < -0.4 is 10.5 Å². The Bertz CT molecular complexity index is 205. The molecule has 0 bridgehead atoms. The van der Waals surface area contributed by atoms with Gasteiger partial charge in [0, 0.05) is 6.54 Å². The first-order valence-corrected chi connectivity index (χ1v) is 3.64. The molecule has 1 rings (SSSR count). The van der Waals surface area contributed by atoms with Gasteiger partial charge in [-0.2, -0.15) is 0 Å². The summed E-state index contributed by atoms with van der Waals surface area (Å²) in [5.41, 5.74) is 8.20. The molecule has 1 radical (unpaired) electrons. The Labute approximate surface area is 67.0 Å². The highest BCUT2D eigenvalue weighted by Gasteiger charge is 1.91. The normalized spacial score (nSPS) is 9.64. The van der Waals surface area contributed by atoms with Gasteiger partial charge in [-0.15, -0.1) is 0 Å². The van der Waals surface area contributed by atoms with Crippen molar-refractivity contribution in [3.05, 3.63) is 29.8 Å². The number of hydrogen-bond acceptors (Lipinski definition) is 1. The zero-order valence-electron chi connectivity index (χ0n) is 6.63. The lowest BCUT2D eigenvalue weighted by Crippen LogP contribution is -1.91. The second kappa shape index (κ2) is 3.98. The van der Waals surface area contributed by atoms with E-state index in [4.69, 9.17) is 10.5 Å². The first-order valence-electron chi connectivity index (χ1n) is 3.64. The van der Waals surface area contributed by atoms with E-state index in [-0.39, 0.29) is 0 Å². The van der Waals surface area contributed by atoms with Gasteiger partial charge in [0.05, 0.1) is 7.11 Å². The number of hydrogen-bond donors (Lipinski definition) is 0. The minimum absolute atomic E-state index is 0.451. The van der Waals surface area contributed by atoms with Crippen molar-refractivity contribution in [2.24, 2.45) is 0 Å². The monoisotopic (exact) mass is 150 g/mol. The van der Waals surface area contributed by atoms with Gasteiger partial charge in [0.25, 0.3) is 0 Å². The zero-order valence-corrected chi connectivity index (χ0v) is 6.63. The molecule has 1 aromatic rings. The highest BCUT2D eigenvalue weighted by atomic mass is 16.5. The van der Waals surface area contributed by atoms with E-state index in [1.165, 1.54) is 5.56 Å². The molecule has 2 heteroatoms. The van der Waals surface area contributed by atoms with Gasteiger partial charge in [0.2, 0.25) is 0 Å². The Balaban J connectivity index is 2.66. The lowest BCUT2D eigenvalue weighted by molar-refractivity contribution is 0.414. The van der Waals surface area contributed by atoms with Gasteiger partial charge >= 0.3 is 0 Å². The molecule has 0 saturated heterocycles. The number of ether oxygens (including phenoxy) is 1. The molecule has 1 aromatic carbocycles. The maximum atomic E-state index is 7.01. The largest absolute Gasteiger partial charge is 0.497 e. The lowest BCUT2D eigenvalue weighted by atomic mass is 10.1. The van der Waals surface area contributed by atoms with E-state index in [0.717, 1.165) is 12.2 Å². The highest BCUT2D eigenvalue weighted by molar-refractivity contribution is 5.27. The molecule has 1 N–H and O–H groups in total. The molecule has 0 spiro atoms. The molecule has 59 valence electrons. The molecule has 0 aromatic heterocycles. The maximum Gasteiger partial charge on any atom is 0.118 e. The molecule has 0 unspecified atom stereocenters. The summed E-state index contributed by atoms with van der Waals surface area (Å²) in [4.78, 5) is 0. The third kappa shape index (κ3) is 2.24. The van der Waals surface area contributed by atoms with Crippen LogP contribution in [-0.4, -0.2) is 13.7 Å². The first kappa shape index (κ1) is 8.08. The summed E-state index contributed by atoms with van der Waals surface area (Å²) in [6.45, 7) is 0.451. The van der Waals surface area contributed by atoms with Crippen LogP contribution in [-0.2, 0) is 6.42 Å². The topological polar surface area (TPSA) is 33.0 Å². The minimum atomic E-state index is 0.451. The van der Waals surface area contributed by atoms with E-state index in [2.05, 4.69) is 0 Å². The van der Waals surface area contributed by atoms with Crippen LogP contribution in [0.3, 0.4) is 0 Å². The van der Waals surface area contributed by atoms with Gasteiger partial charge in [-0.3, -0.25) is 5.73 Å². The molecular weight excluding hydrogens is 138 g/mol. The second-order valence-electron chi connectivity index (χ2n) is 2.35. The van der Waals surface area contributed by atoms with Crippen molar-refractivity contribution < 1.29 is 4.74 Å². The van der Waals surface area contributed by atoms with Crippen molar-refractivity contribution in [1.82, 2.24) is 5.73 Å². The average molecular weight is 150 g/mol. The quantitative estimate of drug-likeness (QED) is 0.643. The average Bonchev–Trinajstić information content (AvgIpc) is 2.07. The lowest BCUT2D eigenvalue weighted by Gasteiger charge is -2.00. The van der Waals surface area contributed by atoms with Crippen LogP contribution in [0, 0.1) is 0 Å². The summed E-state index contributed by atoms with van der Waals surface area (Å²) < 4.78 is 5.00. The fourth-order valence-electron chi connectivity index (χ4n) is 0.937. The van der Waals surface area contributed by atoms with Crippen molar-refractivity contribution in [2.75, 3.05) is 13.7 Å². The number of benzene rings is 1. The van der Waals surface area contributed by atoms with Crippen LogP contribution in [0.4, 0.5) is 0 Å². The summed E-state index contributed by atoms with van der Waals surface area (Å²) in [7, 11) is 1.65. The Morgan fingerprint density at radius 3 is 2.36 bits per heavy atom. The fraction of sp³-hybridized carbons (Fsp3) is 0.333. The summed E-state index contributed by atoms with van der Waals surface area (Å²) >= 11 is 0. The van der Waals surface area contributed by atoms with Gasteiger partial charge in [-0.05, 0) is 24.1 Å². The number of rotatable bonds is 3. The zero-order chi connectivity index (χ0) is 8.10. The van der Waals surface area contributed by atoms with Crippen LogP contribution in [0.2, 0.25) is 0 Å². The van der Waals surface area contributed by atoms with Crippen LogP contribution in [0.1, 0.15) is 5.56 Å². The number of nitrogens with one attached hydrogen (secondary N) is 1. The third-order valence-corrected chi connectivity index (χ3v) is 1.57. The molecule has 0 amide bonds. The van der Waals surface area contributed by atoms with E-state index >= 15 is 0 Å². The smallest absolute Gasteiger partial charge is 0.118 e. The van der Waals surface area contributed by atoms with E-state index in [9.17, 15) is 0 Å². The SMILES string of the molecule is COc1ccc(CC[NH])cc1. The van der Waals surface area contributed by atoms with Crippen molar-refractivity contribution >= 4 is 0 Å². The van der Waals surface area contributed by atoms with Crippen LogP contribution in [0.15, 0.2) is 24.3 Å². The first-order chi connectivity index (χ1) is 5.36. The van der Waals surface area contributed by atoms with Gasteiger partial charge in [0.1, 0.15) is 5.75 Å². The summed E-state index contributed by atoms with van der Waals surface area (Å²) in [5.74, 6) is 0.874. The van der Waals surface area contributed by atoms with Gasteiger partial charge < -0.3 is 4.74 Å². The van der Waals surface area contributed by atoms with Crippen LogP contribution in [0.5, 0.6) is 5.75 Å². The van der Waals surface area contributed by atoms with Crippen LogP contribution >= 0.6 is 0 Å². The Morgan fingerprint density at radius 2 is 1.91 bits per heavy atom. The van der Waals surface area contributed by atoms with Gasteiger partial charge in [0.15, 0.2) is 0 Å². The summed E-state index contributed by atoms with van der Waals surface area (Å²) in [5, 5.41) is 0. The Hall–Kier alpha value is -1.02. The molecule has 0 aliphatic heterocycles. The summed E-state index contributed by atoms with van der Waals surface area (Å²) in [6, 6.07) is 7.83. The molecule has 0 atom stereocenters. The predicted octanol–water partition coefficient (Wildman–Crippen LogP) is 1.52. The van der Waals surface area contributed by atoms with Crippen LogP contribution in [0.25, 0.3) is 0 Å². The molecule has 0 aliphatic carbocycles. The van der Waals surface area contributed by atoms with Crippen molar-refractivity contribution in [2.45, 2.75) is 6.42 Å². The second-order valence-corrected chi connectivity index (χ2v) is 2.35. The van der Waals surface area contributed by atoms with E-state index in [1.807, 2.05) is 24.3 Å². The van der Waals surface area contributed by atoms with Crippen molar-refractivity contribution in [1.29, 1.82) is 0 Å². The molecule has 0 saturated carbocycles. The Morgan fingerprint density at radius 1 is 1.27 bits per heavy atom. The van der Waals surface area contributed by atoms with Crippen molar-refractivity contribution in [3.63, 3.8) is 0 Å². The molecule has 11 heavy (non-hydrogen) atoms. The Kier molecular flexibility index (Phi) is 2.93. The predicted molar refractivity (Wildman–Crippen MR) is 44.7 cm³/mol. The third-order valence-electron chi connectivity index (χ3n) is 1.57. The fourth-order valence-corrected chi connectivity index (χ4v) is 0.937. The van der Waals surface area contributed by atoms with E-state index in [1.54, 1.807) is 7.11 Å². The van der Waals surface area contributed by atoms with Gasteiger partial charge in [-0.1, -0.05) is 12.1 Å². The molecule has 0 aliphatic rings. The van der Waals surface area contributed by atoms with Gasteiger partial charge in [-0.25, -0.2) is 0 Å². The minimum Gasteiger partial charge on any atom is -0.497 e. The van der Waals surface area contributed by atoms with E-state index in [0.29, 0.717) is 6.54 Å². The van der Waals surface area contributed by atoms with Crippen molar-refractivity contribution in [3.8, 4) is 5.75 Å². The number of methoxy groups -OCH3 is 1. The summed E-state index contributed by atoms with van der Waals surface area (Å²) in [6.07, 6.45) is 0.823. The highest BCUT2D eigenvalue weighted by Crippen LogP contribution is 2.10. The molecule has 2 nitrogen and oxygen atoms in total. The standard InChI is InChI=1S/C9H12NO/c1-11-9-4-2-8(3-5-9)6-7-10/h2-5,10H,6-7H2,1H3. The van der Waals surface area contributed by atoms with E-state index < -0.39 is 0 Å².